The first-order valence-corrected chi connectivity index (χ1v) is 9.68. The molecule has 0 aliphatic carbocycles. The maximum atomic E-state index is 11.1. The Morgan fingerprint density at radius 2 is 1.75 bits per heavy atom. The van der Waals surface area contributed by atoms with E-state index in [1.807, 2.05) is 19.9 Å². The molecular weight excluding hydrogens is 356 g/mol. The number of hydrogen-bond acceptors (Lipinski definition) is 5. The van der Waals surface area contributed by atoms with Crippen molar-refractivity contribution < 1.29 is 25.2 Å². The predicted molar refractivity (Wildman–Crippen MR) is 112 cm³/mol. The standard InChI is InChI=1S/C23H34O5/c1-15(7-6-8-16(2)10-12-21(26)23(4,5)28)9-11-18-20(25)13-17(3)19(14-24)22(18)27/h8-9,13-14,21,25-28H,6-7,10-12H2,1-5H3/b15-9+,16-8+. The van der Waals surface area contributed by atoms with Crippen LogP contribution in [0.5, 0.6) is 11.5 Å². The Labute approximate surface area is 168 Å². The first-order valence-electron chi connectivity index (χ1n) is 9.68. The minimum atomic E-state index is -1.09. The SMILES string of the molecule is C/C(=C\Cc1c(O)cc(C)c(C=O)c1O)CC/C=C(\C)CCC(O)C(C)(C)O. The van der Waals surface area contributed by atoms with Crippen LogP contribution in [-0.4, -0.2) is 38.4 Å². The average Bonchev–Trinajstić information content (AvgIpc) is 2.58. The van der Waals surface area contributed by atoms with Gasteiger partial charge in [0.2, 0.25) is 0 Å². The van der Waals surface area contributed by atoms with Gasteiger partial charge in [0.1, 0.15) is 11.5 Å². The summed E-state index contributed by atoms with van der Waals surface area (Å²) in [6.07, 6.45) is 7.21. The monoisotopic (exact) mass is 390 g/mol. The number of phenolic OH excluding ortho intramolecular Hbond substituents is 2. The van der Waals surface area contributed by atoms with Crippen LogP contribution in [0.15, 0.2) is 29.4 Å². The van der Waals surface area contributed by atoms with Crippen LogP contribution in [0.25, 0.3) is 0 Å². The first kappa shape index (κ1) is 23.9. The summed E-state index contributed by atoms with van der Waals surface area (Å²) in [5.41, 5.74) is 2.32. The van der Waals surface area contributed by atoms with E-state index in [0.29, 0.717) is 30.3 Å². The fourth-order valence-corrected chi connectivity index (χ4v) is 2.93. The van der Waals surface area contributed by atoms with Gasteiger partial charge in [-0.1, -0.05) is 23.3 Å². The van der Waals surface area contributed by atoms with Gasteiger partial charge in [-0.2, -0.15) is 0 Å². The van der Waals surface area contributed by atoms with Gasteiger partial charge in [-0.15, -0.1) is 0 Å². The fraction of sp³-hybridized carbons (Fsp3) is 0.522. The summed E-state index contributed by atoms with van der Waals surface area (Å²) >= 11 is 0. The van der Waals surface area contributed by atoms with Gasteiger partial charge < -0.3 is 20.4 Å². The molecule has 1 rings (SSSR count). The number of rotatable bonds is 10. The number of aromatic hydroxyl groups is 2. The molecular formula is C23H34O5. The van der Waals surface area contributed by atoms with Crippen LogP contribution in [-0.2, 0) is 6.42 Å². The maximum Gasteiger partial charge on any atom is 0.154 e. The summed E-state index contributed by atoms with van der Waals surface area (Å²) in [4.78, 5) is 11.1. The molecule has 0 amide bonds. The highest BCUT2D eigenvalue weighted by atomic mass is 16.3. The van der Waals surface area contributed by atoms with Crippen molar-refractivity contribution in [3.63, 3.8) is 0 Å². The van der Waals surface area contributed by atoms with Gasteiger partial charge in [0.15, 0.2) is 6.29 Å². The minimum Gasteiger partial charge on any atom is -0.508 e. The number of carbonyl (C=O) groups is 1. The summed E-state index contributed by atoms with van der Waals surface area (Å²) in [7, 11) is 0. The highest BCUT2D eigenvalue weighted by molar-refractivity contribution is 5.83. The highest BCUT2D eigenvalue weighted by Gasteiger charge is 2.23. The number of hydrogen-bond donors (Lipinski definition) is 4. The molecule has 0 aliphatic heterocycles. The van der Waals surface area contributed by atoms with Crippen LogP contribution in [0.2, 0.25) is 0 Å². The Kier molecular flexibility index (Phi) is 8.92. The molecule has 0 radical (unpaired) electrons. The average molecular weight is 391 g/mol. The minimum absolute atomic E-state index is 0.00856. The van der Waals surface area contributed by atoms with Crippen LogP contribution >= 0.6 is 0 Å². The molecule has 0 aromatic heterocycles. The third kappa shape index (κ3) is 7.13. The smallest absolute Gasteiger partial charge is 0.154 e. The molecule has 0 saturated heterocycles. The fourth-order valence-electron chi connectivity index (χ4n) is 2.93. The predicted octanol–water partition coefficient (Wildman–Crippen LogP) is 4.35. The lowest BCUT2D eigenvalue weighted by Crippen LogP contribution is -2.35. The van der Waals surface area contributed by atoms with Crippen molar-refractivity contribution in [3.8, 4) is 11.5 Å². The van der Waals surface area contributed by atoms with Crippen molar-refractivity contribution >= 4 is 6.29 Å². The van der Waals surface area contributed by atoms with Crippen LogP contribution in [0, 0.1) is 6.92 Å². The first-order chi connectivity index (χ1) is 13.0. The van der Waals surface area contributed by atoms with Gasteiger partial charge in [-0.3, -0.25) is 4.79 Å². The molecule has 1 atom stereocenters. The highest BCUT2D eigenvalue weighted by Crippen LogP contribution is 2.33. The summed E-state index contributed by atoms with van der Waals surface area (Å²) in [5.74, 6) is -0.164. The molecule has 0 saturated carbocycles. The largest absolute Gasteiger partial charge is 0.508 e. The summed E-state index contributed by atoms with van der Waals surface area (Å²) in [5, 5.41) is 39.9. The van der Waals surface area contributed by atoms with Crippen molar-refractivity contribution in [1.29, 1.82) is 0 Å². The zero-order valence-electron chi connectivity index (χ0n) is 17.6. The van der Waals surface area contributed by atoms with E-state index in [4.69, 9.17) is 0 Å². The molecule has 5 heteroatoms. The maximum absolute atomic E-state index is 11.1. The molecule has 5 nitrogen and oxygen atoms in total. The normalized spacial score (nSPS) is 14.2. The van der Waals surface area contributed by atoms with Gasteiger partial charge in [0.25, 0.3) is 0 Å². The van der Waals surface area contributed by atoms with Crippen molar-refractivity contribution in [3.05, 3.63) is 46.1 Å². The Balaban J connectivity index is 2.62. The van der Waals surface area contributed by atoms with E-state index in [9.17, 15) is 25.2 Å². The van der Waals surface area contributed by atoms with Crippen molar-refractivity contribution in [1.82, 2.24) is 0 Å². The van der Waals surface area contributed by atoms with Crippen LogP contribution in [0.4, 0.5) is 0 Å². The van der Waals surface area contributed by atoms with E-state index >= 15 is 0 Å². The number of aliphatic hydroxyl groups excluding tert-OH is 1. The molecule has 28 heavy (non-hydrogen) atoms. The third-order valence-corrected chi connectivity index (χ3v) is 5.06. The van der Waals surface area contributed by atoms with Gasteiger partial charge in [0.05, 0.1) is 17.3 Å². The second-order valence-corrected chi connectivity index (χ2v) is 8.12. The second-order valence-electron chi connectivity index (χ2n) is 8.12. The Morgan fingerprint density at radius 1 is 1.14 bits per heavy atom. The van der Waals surface area contributed by atoms with Gasteiger partial charge >= 0.3 is 0 Å². The van der Waals surface area contributed by atoms with Gasteiger partial charge in [0, 0.05) is 5.56 Å². The van der Waals surface area contributed by atoms with E-state index in [2.05, 4.69) is 6.08 Å². The molecule has 0 heterocycles. The molecule has 1 aromatic rings. The molecule has 156 valence electrons. The van der Waals surface area contributed by atoms with E-state index in [1.54, 1.807) is 20.8 Å². The van der Waals surface area contributed by atoms with Crippen LogP contribution < -0.4 is 0 Å². The topological polar surface area (TPSA) is 98.0 Å². The number of aldehydes is 1. The Hall–Kier alpha value is -2.11. The summed E-state index contributed by atoms with van der Waals surface area (Å²) < 4.78 is 0. The van der Waals surface area contributed by atoms with Crippen LogP contribution in [0.1, 0.15) is 74.9 Å². The van der Waals surface area contributed by atoms with E-state index in [-0.39, 0.29) is 17.1 Å². The molecule has 1 aromatic carbocycles. The molecule has 0 aliphatic rings. The molecule has 1 unspecified atom stereocenters. The number of aliphatic hydroxyl groups is 2. The Morgan fingerprint density at radius 3 is 2.32 bits per heavy atom. The summed E-state index contributed by atoms with van der Waals surface area (Å²) in [6.45, 7) is 8.88. The molecule has 0 spiro atoms. The lowest BCUT2D eigenvalue weighted by Gasteiger charge is -2.24. The van der Waals surface area contributed by atoms with Crippen molar-refractivity contribution in [2.75, 3.05) is 0 Å². The third-order valence-electron chi connectivity index (χ3n) is 5.06. The van der Waals surface area contributed by atoms with Crippen molar-refractivity contribution in [2.45, 2.75) is 78.4 Å². The number of allylic oxidation sites excluding steroid dienone is 4. The van der Waals surface area contributed by atoms with Gasteiger partial charge in [-0.05, 0) is 78.4 Å². The van der Waals surface area contributed by atoms with E-state index in [0.717, 1.165) is 24.8 Å². The molecule has 0 fully saturated rings. The Bertz CT molecular complexity index is 738. The quantitative estimate of drug-likeness (QED) is 0.352. The second kappa shape index (κ2) is 10.4. The molecule has 0 bridgehead atoms. The zero-order valence-corrected chi connectivity index (χ0v) is 17.6. The van der Waals surface area contributed by atoms with Crippen LogP contribution in [0.3, 0.4) is 0 Å². The van der Waals surface area contributed by atoms with E-state index in [1.165, 1.54) is 11.6 Å². The zero-order chi connectivity index (χ0) is 21.5. The lowest BCUT2D eigenvalue weighted by molar-refractivity contribution is -0.0509. The lowest BCUT2D eigenvalue weighted by atomic mass is 9.95. The van der Waals surface area contributed by atoms with Gasteiger partial charge in [-0.25, -0.2) is 0 Å². The number of carbonyl (C=O) groups excluding carboxylic acids is 1. The number of aryl methyl sites for hydroxylation is 1. The summed E-state index contributed by atoms with van der Waals surface area (Å²) in [6, 6.07) is 1.50. The number of phenols is 2. The number of benzene rings is 1. The van der Waals surface area contributed by atoms with Crippen molar-refractivity contribution in [2.24, 2.45) is 0 Å². The van der Waals surface area contributed by atoms with E-state index < -0.39 is 11.7 Å². The molecule has 4 N–H and O–H groups in total.